The Labute approximate surface area is 163 Å². The molecule has 1 amide bonds. The molecule has 8 nitrogen and oxygen atoms in total. The van der Waals surface area contributed by atoms with Gasteiger partial charge in [0.15, 0.2) is 0 Å². The zero-order valence-electron chi connectivity index (χ0n) is 16.0. The van der Waals surface area contributed by atoms with Crippen molar-refractivity contribution in [3.05, 3.63) is 47.3 Å². The number of amides is 1. The van der Waals surface area contributed by atoms with Crippen LogP contribution in [0.3, 0.4) is 0 Å². The maximum absolute atomic E-state index is 12.7. The number of nitrogens with one attached hydrogen (secondary N) is 2. The summed E-state index contributed by atoms with van der Waals surface area (Å²) >= 11 is 0. The maximum atomic E-state index is 12.7. The Bertz CT molecular complexity index is 850. The first-order chi connectivity index (χ1) is 13.6. The molecule has 1 aromatic heterocycles. The number of hydrogen-bond acceptors (Lipinski definition) is 7. The fourth-order valence-electron chi connectivity index (χ4n) is 2.94. The van der Waals surface area contributed by atoms with E-state index in [1.807, 2.05) is 0 Å². The van der Waals surface area contributed by atoms with Gasteiger partial charge >= 0.3 is 5.97 Å². The molecule has 0 saturated carbocycles. The van der Waals surface area contributed by atoms with Crippen LogP contribution in [0.1, 0.15) is 46.3 Å². The Morgan fingerprint density at radius 3 is 2.86 bits per heavy atom. The molecule has 1 aliphatic heterocycles. The first-order valence-electron chi connectivity index (χ1n) is 9.35. The highest BCUT2D eigenvalue weighted by Gasteiger charge is 2.18. The predicted molar refractivity (Wildman–Crippen MR) is 105 cm³/mol. The van der Waals surface area contributed by atoms with E-state index in [2.05, 4.69) is 20.6 Å². The Morgan fingerprint density at radius 2 is 2.11 bits per heavy atom. The zero-order valence-corrected chi connectivity index (χ0v) is 16.0. The van der Waals surface area contributed by atoms with Gasteiger partial charge in [0.25, 0.3) is 5.91 Å². The Morgan fingerprint density at radius 1 is 1.29 bits per heavy atom. The van der Waals surface area contributed by atoms with Crippen molar-refractivity contribution in [1.29, 1.82) is 0 Å². The average molecular weight is 384 g/mol. The molecule has 1 atom stereocenters. The molecular weight excluding hydrogens is 360 g/mol. The number of anilines is 2. The molecule has 2 aromatic rings. The number of benzene rings is 1. The van der Waals surface area contributed by atoms with Crippen molar-refractivity contribution >= 4 is 23.5 Å². The molecule has 148 valence electrons. The lowest BCUT2D eigenvalue weighted by Crippen LogP contribution is -2.22. The van der Waals surface area contributed by atoms with E-state index in [0.717, 1.165) is 19.4 Å². The number of ether oxygens (including phenoxy) is 2. The molecule has 1 aromatic carbocycles. The first-order valence-corrected chi connectivity index (χ1v) is 9.35. The van der Waals surface area contributed by atoms with Crippen LogP contribution in [-0.4, -0.2) is 47.7 Å². The third-order valence-electron chi connectivity index (χ3n) is 4.27. The molecule has 0 radical (unpaired) electrons. The van der Waals surface area contributed by atoms with Crippen LogP contribution in [0.25, 0.3) is 0 Å². The minimum atomic E-state index is -0.490. The Hall–Kier alpha value is -3.00. The molecule has 0 aliphatic carbocycles. The molecular formula is C20H24N4O4. The molecule has 1 aliphatic rings. The van der Waals surface area contributed by atoms with E-state index >= 15 is 0 Å². The highest BCUT2D eigenvalue weighted by molar-refractivity contribution is 6.07. The lowest BCUT2D eigenvalue weighted by atomic mass is 10.1. The molecule has 1 unspecified atom stereocenters. The quantitative estimate of drug-likeness (QED) is 0.708. The first kappa shape index (κ1) is 19.8. The molecule has 8 heteroatoms. The van der Waals surface area contributed by atoms with Gasteiger partial charge in [0.05, 0.1) is 24.0 Å². The van der Waals surface area contributed by atoms with Crippen LogP contribution in [0.2, 0.25) is 0 Å². The van der Waals surface area contributed by atoms with E-state index in [1.165, 1.54) is 0 Å². The van der Waals surface area contributed by atoms with Crippen molar-refractivity contribution in [1.82, 2.24) is 9.97 Å². The lowest BCUT2D eigenvalue weighted by Gasteiger charge is -2.13. The number of aromatic nitrogens is 2. The molecule has 0 bridgehead atoms. The fourth-order valence-corrected chi connectivity index (χ4v) is 2.94. The van der Waals surface area contributed by atoms with Crippen LogP contribution in [0.15, 0.2) is 30.3 Å². The van der Waals surface area contributed by atoms with E-state index in [9.17, 15) is 9.59 Å². The van der Waals surface area contributed by atoms with Crippen molar-refractivity contribution in [3.63, 3.8) is 0 Å². The lowest BCUT2D eigenvalue weighted by molar-refractivity contribution is 0.0527. The highest BCUT2D eigenvalue weighted by atomic mass is 16.5. The average Bonchev–Trinajstić information content (AvgIpc) is 3.20. The van der Waals surface area contributed by atoms with Crippen LogP contribution in [0.4, 0.5) is 11.6 Å². The van der Waals surface area contributed by atoms with Crippen molar-refractivity contribution in [2.75, 3.05) is 30.4 Å². The normalized spacial score (nSPS) is 15.9. The largest absolute Gasteiger partial charge is 0.462 e. The summed E-state index contributed by atoms with van der Waals surface area (Å²) in [6.45, 7) is 5.15. The van der Waals surface area contributed by atoms with Gasteiger partial charge in [-0.25, -0.2) is 14.8 Å². The minimum absolute atomic E-state index is 0.137. The minimum Gasteiger partial charge on any atom is -0.462 e. The topological polar surface area (TPSA) is 102 Å². The van der Waals surface area contributed by atoms with Gasteiger partial charge in [-0.3, -0.25) is 4.79 Å². The van der Waals surface area contributed by atoms with Crippen LogP contribution in [0.5, 0.6) is 0 Å². The monoisotopic (exact) mass is 384 g/mol. The summed E-state index contributed by atoms with van der Waals surface area (Å²) in [6.07, 6.45) is 2.18. The van der Waals surface area contributed by atoms with Crippen molar-refractivity contribution < 1.29 is 19.1 Å². The number of para-hydroxylation sites is 1. The smallest absolute Gasteiger partial charge is 0.340 e. The summed E-state index contributed by atoms with van der Waals surface area (Å²) in [5.41, 5.74) is 1.53. The van der Waals surface area contributed by atoms with Crippen LogP contribution >= 0.6 is 0 Å². The second-order valence-electron chi connectivity index (χ2n) is 6.45. The molecule has 1 fully saturated rings. The van der Waals surface area contributed by atoms with Gasteiger partial charge in [-0.05, 0) is 44.9 Å². The number of carbonyl (C=O) groups is 2. The number of nitrogens with zero attached hydrogens (tertiary/aromatic N) is 2. The summed E-state index contributed by atoms with van der Waals surface area (Å²) in [5, 5.41) is 5.87. The van der Waals surface area contributed by atoms with Gasteiger partial charge in [0.1, 0.15) is 5.69 Å². The standard InChI is InChI=1S/C20H24N4O4/c1-3-27-19(26)15-8-4-5-9-16(15)23-18(25)17-11-13(2)22-20(24-17)21-12-14-7-6-10-28-14/h4-5,8-9,11,14H,3,6-7,10,12H2,1-2H3,(H,23,25)(H,21,22,24). The predicted octanol–water partition coefficient (Wildman–Crippen LogP) is 2.80. The number of esters is 1. The third-order valence-corrected chi connectivity index (χ3v) is 4.27. The van der Waals surface area contributed by atoms with Gasteiger partial charge in [0, 0.05) is 18.8 Å². The molecule has 3 rings (SSSR count). The van der Waals surface area contributed by atoms with Crippen molar-refractivity contribution in [2.24, 2.45) is 0 Å². The number of aryl methyl sites for hydroxylation is 1. The number of hydrogen-bond donors (Lipinski definition) is 2. The summed E-state index contributed by atoms with van der Waals surface area (Å²) in [5.74, 6) is -0.544. The fraction of sp³-hybridized carbons (Fsp3) is 0.400. The summed E-state index contributed by atoms with van der Waals surface area (Å²) < 4.78 is 10.6. The van der Waals surface area contributed by atoms with Crippen LogP contribution in [-0.2, 0) is 9.47 Å². The second-order valence-corrected chi connectivity index (χ2v) is 6.45. The maximum Gasteiger partial charge on any atom is 0.340 e. The van der Waals surface area contributed by atoms with Gasteiger partial charge in [0.2, 0.25) is 5.95 Å². The molecule has 2 N–H and O–H groups in total. The summed E-state index contributed by atoms with van der Waals surface area (Å²) in [6, 6.07) is 8.30. The van der Waals surface area contributed by atoms with E-state index in [1.54, 1.807) is 44.2 Å². The molecule has 2 heterocycles. The van der Waals surface area contributed by atoms with Gasteiger partial charge in [-0.2, -0.15) is 0 Å². The van der Waals surface area contributed by atoms with Gasteiger partial charge in [-0.1, -0.05) is 12.1 Å². The SMILES string of the molecule is CCOC(=O)c1ccccc1NC(=O)c1cc(C)nc(NCC2CCCO2)n1. The Kier molecular flexibility index (Phi) is 6.54. The van der Waals surface area contributed by atoms with E-state index in [0.29, 0.717) is 29.4 Å². The molecule has 1 saturated heterocycles. The molecule has 28 heavy (non-hydrogen) atoms. The highest BCUT2D eigenvalue weighted by Crippen LogP contribution is 2.18. The van der Waals surface area contributed by atoms with Crippen molar-refractivity contribution in [2.45, 2.75) is 32.8 Å². The Balaban J connectivity index is 1.73. The summed E-state index contributed by atoms with van der Waals surface area (Å²) in [7, 11) is 0. The zero-order chi connectivity index (χ0) is 19.9. The van der Waals surface area contributed by atoms with Crippen LogP contribution < -0.4 is 10.6 Å². The second kappa shape index (κ2) is 9.27. The summed E-state index contributed by atoms with van der Waals surface area (Å²) in [4.78, 5) is 33.4. The number of rotatable bonds is 7. The van der Waals surface area contributed by atoms with E-state index < -0.39 is 11.9 Å². The van der Waals surface area contributed by atoms with E-state index in [-0.39, 0.29) is 18.4 Å². The van der Waals surface area contributed by atoms with Crippen molar-refractivity contribution in [3.8, 4) is 0 Å². The third kappa shape index (κ3) is 5.04. The number of carbonyl (C=O) groups excluding carboxylic acids is 2. The van der Waals surface area contributed by atoms with Crippen LogP contribution in [0, 0.1) is 6.92 Å². The van der Waals surface area contributed by atoms with E-state index in [4.69, 9.17) is 9.47 Å². The van der Waals surface area contributed by atoms with Gasteiger partial charge < -0.3 is 20.1 Å². The van der Waals surface area contributed by atoms with Gasteiger partial charge in [-0.15, -0.1) is 0 Å². The molecule has 0 spiro atoms.